The van der Waals surface area contributed by atoms with E-state index in [9.17, 15) is 4.79 Å². The largest absolute Gasteiger partial charge is 0.464 e. The minimum absolute atomic E-state index is 0.0172. The van der Waals surface area contributed by atoms with Crippen LogP contribution in [0.15, 0.2) is 0 Å². The van der Waals surface area contributed by atoms with Gasteiger partial charge in [-0.3, -0.25) is 4.79 Å². The number of carbonyl (C=O) groups excluding carboxylic acids is 1. The summed E-state index contributed by atoms with van der Waals surface area (Å²) in [5.41, 5.74) is 0. The summed E-state index contributed by atoms with van der Waals surface area (Å²) < 4.78 is 5.31. The zero-order chi connectivity index (χ0) is 9.80. The molecule has 0 aromatic carbocycles. The van der Waals surface area contributed by atoms with Gasteiger partial charge in [-0.15, -0.1) is 0 Å². The molecule has 1 saturated carbocycles. The van der Waals surface area contributed by atoms with Gasteiger partial charge in [-0.2, -0.15) is 0 Å². The van der Waals surface area contributed by atoms with E-state index in [0.717, 1.165) is 19.4 Å². The van der Waals surface area contributed by atoms with Crippen molar-refractivity contribution >= 4 is 5.97 Å². The summed E-state index contributed by atoms with van der Waals surface area (Å²) >= 11 is 0. The fourth-order valence-corrected chi connectivity index (χ4v) is 2.36. The molecule has 1 N–H and O–H groups in total. The van der Waals surface area contributed by atoms with Gasteiger partial charge in [0, 0.05) is 0 Å². The van der Waals surface area contributed by atoms with Crippen molar-refractivity contribution in [1.82, 2.24) is 5.32 Å². The summed E-state index contributed by atoms with van der Waals surface area (Å²) in [5, 5.41) is 3.16. The second-order valence-electron chi connectivity index (χ2n) is 4.43. The van der Waals surface area contributed by atoms with Gasteiger partial charge in [0.25, 0.3) is 0 Å². The molecule has 1 aliphatic carbocycles. The van der Waals surface area contributed by atoms with Crippen LogP contribution in [0.5, 0.6) is 0 Å². The lowest BCUT2D eigenvalue weighted by Crippen LogP contribution is -2.33. The molecular weight excluding hydrogens is 178 g/mol. The highest BCUT2D eigenvalue weighted by Gasteiger charge is 2.24. The van der Waals surface area contributed by atoms with Gasteiger partial charge in [-0.1, -0.05) is 12.8 Å². The van der Waals surface area contributed by atoms with Gasteiger partial charge in [-0.25, -0.2) is 0 Å². The fourth-order valence-electron chi connectivity index (χ4n) is 2.36. The lowest BCUT2D eigenvalue weighted by molar-refractivity contribution is -0.147. The highest BCUT2D eigenvalue weighted by Crippen LogP contribution is 2.24. The van der Waals surface area contributed by atoms with Crippen molar-refractivity contribution in [2.45, 2.75) is 44.6 Å². The molecule has 14 heavy (non-hydrogen) atoms. The number of ether oxygens (including phenoxy) is 1. The van der Waals surface area contributed by atoms with E-state index in [1.165, 1.54) is 25.7 Å². The normalized spacial score (nSPS) is 28.1. The van der Waals surface area contributed by atoms with Crippen molar-refractivity contribution in [3.63, 3.8) is 0 Å². The van der Waals surface area contributed by atoms with Gasteiger partial charge < -0.3 is 10.1 Å². The van der Waals surface area contributed by atoms with Gasteiger partial charge in [0.2, 0.25) is 0 Å². The first-order valence-electron chi connectivity index (χ1n) is 5.76. The smallest absolute Gasteiger partial charge is 0.323 e. The third kappa shape index (κ3) is 2.47. The van der Waals surface area contributed by atoms with E-state index >= 15 is 0 Å². The monoisotopic (exact) mass is 197 g/mol. The Hall–Kier alpha value is -0.570. The van der Waals surface area contributed by atoms with Crippen LogP contribution in [0.25, 0.3) is 0 Å². The molecule has 1 aliphatic heterocycles. The third-order valence-corrected chi connectivity index (χ3v) is 3.28. The maximum absolute atomic E-state index is 11.5. The molecule has 1 saturated heterocycles. The Balaban J connectivity index is 1.66. The lowest BCUT2D eigenvalue weighted by Gasteiger charge is -2.13. The second-order valence-corrected chi connectivity index (χ2v) is 4.43. The summed E-state index contributed by atoms with van der Waals surface area (Å²) in [6, 6.07) is -0.0172. The van der Waals surface area contributed by atoms with Gasteiger partial charge in [0.05, 0.1) is 6.61 Å². The Morgan fingerprint density at radius 3 is 2.64 bits per heavy atom. The maximum Gasteiger partial charge on any atom is 0.323 e. The standard InChI is InChI=1S/C11H19NO2/c13-11(10-6-3-7-12-10)14-8-9-4-1-2-5-9/h9-10,12H,1-8H2/t10-/m1/s1. The molecule has 0 amide bonds. The molecule has 3 nitrogen and oxygen atoms in total. The van der Waals surface area contributed by atoms with Crippen molar-refractivity contribution < 1.29 is 9.53 Å². The van der Waals surface area contributed by atoms with Crippen LogP contribution in [0, 0.1) is 5.92 Å². The van der Waals surface area contributed by atoms with Crippen molar-refractivity contribution in [2.24, 2.45) is 5.92 Å². The SMILES string of the molecule is O=C(OCC1CCCC1)[C@H]1CCCN1. The van der Waals surface area contributed by atoms with E-state index in [4.69, 9.17) is 4.74 Å². The van der Waals surface area contributed by atoms with Crippen molar-refractivity contribution in [3.8, 4) is 0 Å². The minimum atomic E-state index is -0.0330. The highest BCUT2D eigenvalue weighted by atomic mass is 16.5. The van der Waals surface area contributed by atoms with Crippen LogP contribution >= 0.6 is 0 Å². The van der Waals surface area contributed by atoms with Gasteiger partial charge >= 0.3 is 5.97 Å². The Morgan fingerprint density at radius 1 is 1.21 bits per heavy atom. The molecule has 0 bridgehead atoms. The number of nitrogens with one attached hydrogen (secondary N) is 1. The van der Waals surface area contributed by atoms with Gasteiger partial charge in [-0.05, 0) is 38.1 Å². The minimum Gasteiger partial charge on any atom is -0.464 e. The van der Waals surface area contributed by atoms with Crippen LogP contribution in [0.4, 0.5) is 0 Å². The summed E-state index contributed by atoms with van der Waals surface area (Å²) in [7, 11) is 0. The Labute approximate surface area is 85.2 Å². The fraction of sp³-hybridized carbons (Fsp3) is 0.909. The van der Waals surface area contributed by atoms with Gasteiger partial charge in [0.1, 0.15) is 6.04 Å². The van der Waals surface area contributed by atoms with Crippen molar-refractivity contribution in [1.29, 1.82) is 0 Å². The van der Waals surface area contributed by atoms with Crippen LogP contribution < -0.4 is 5.32 Å². The summed E-state index contributed by atoms with van der Waals surface area (Å²) in [4.78, 5) is 11.5. The van der Waals surface area contributed by atoms with E-state index in [2.05, 4.69) is 5.32 Å². The van der Waals surface area contributed by atoms with E-state index in [-0.39, 0.29) is 12.0 Å². The quantitative estimate of drug-likeness (QED) is 0.696. The van der Waals surface area contributed by atoms with Crippen LogP contribution in [-0.4, -0.2) is 25.2 Å². The Kier molecular flexibility index (Phi) is 3.40. The van der Waals surface area contributed by atoms with Crippen LogP contribution in [0.1, 0.15) is 38.5 Å². The van der Waals surface area contributed by atoms with Crippen LogP contribution in [-0.2, 0) is 9.53 Å². The summed E-state index contributed by atoms with van der Waals surface area (Å²) in [6.45, 7) is 1.61. The molecule has 0 radical (unpaired) electrons. The van der Waals surface area contributed by atoms with E-state index < -0.39 is 0 Å². The first-order chi connectivity index (χ1) is 6.86. The molecule has 0 aromatic rings. The zero-order valence-corrected chi connectivity index (χ0v) is 8.63. The third-order valence-electron chi connectivity index (χ3n) is 3.28. The van der Waals surface area contributed by atoms with Crippen LogP contribution in [0.2, 0.25) is 0 Å². The molecule has 0 aromatic heterocycles. The first-order valence-corrected chi connectivity index (χ1v) is 5.76. The molecule has 2 aliphatic rings. The molecule has 0 unspecified atom stereocenters. The average Bonchev–Trinajstić information content (AvgIpc) is 2.87. The van der Waals surface area contributed by atoms with E-state index in [1.807, 2.05) is 0 Å². The number of esters is 1. The summed E-state index contributed by atoms with van der Waals surface area (Å²) in [5.74, 6) is 0.606. The molecule has 3 heteroatoms. The lowest BCUT2D eigenvalue weighted by atomic mass is 10.1. The van der Waals surface area contributed by atoms with Crippen molar-refractivity contribution in [3.05, 3.63) is 0 Å². The predicted octanol–water partition coefficient (Wildman–Crippen LogP) is 1.47. The van der Waals surface area contributed by atoms with E-state index in [0.29, 0.717) is 12.5 Å². The summed E-state index contributed by atoms with van der Waals surface area (Å²) in [6.07, 6.45) is 7.15. The number of hydrogen-bond acceptors (Lipinski definition) is 3. The number of hydrogen-bond donors (Lipinski definition) is 1. The highest BCUT2D eigenvalue weighted by molar-refractivity contribution is 5.76. The number of carbonyl (C=O) groups is 1. The molecule has 0 spiro atoms. The van der Waals surface area contributed by atoms with Crippen molar-refractivity contribution in [2.75, 3.05) is 13.2 Å². The van der Waals surface area contributed by atoms with Crippen LogP contribution in [0.3, 0.4) is 0 Å². The van der Waals surface area contributed by atoms with E-state index in [1.54, 1.807) is 0 Å². The first kappa shape index (κ1) is 9.97. The molecular formula is C11H19NO2. The molecule has 2 rings (SSSR count). The Morgan fingerprint density at radius 2 is 2.00 bits per heavy atom. The predicted molar refractivity (Wildman–Crippen MR) is 53.9 cm³/mol. The molecule has 2 fully saturated rings. The molecule has 80 valence electrons. The second kappa shape index (κ2) is 4.78. The molecule has 1 atom stereocenters. The Bertz CT molecular complexity index is 193. The average molecular weight is 197 g/mol. The zero-order valence-electron chi connectivity index (χ0n) is 8.63. The van der Waals surface area contributed by atoms with Gasteiger partial charge in [0.15, 0.2) is 0 Å². The topological polar surface area (TPSA) is 38.3 Å². The number of rotatable bonds is 3. The maximum atomic E-state index is 11.5. The molecule has 1 heterocycles.